The van der Waals surface area contributed by atoms with Gasteiger partial charge in [0.05, 0.1) is 0 Å². The number of aliphatic hydroxyl groups is 2. The SMILES string of the molecule is O[C@H](c1ccccc1Br)[C@H](O)c1ccccc1Br.[C-]#[O+].[C-]#[O+].[C-]#[O+].[C-]#[O+].[C-]#[O+].[C-]#[O+].[Cr].[Cr]. The van der Waals surface area contributed by atoms with Crippen molar-refractivity contribution in [2.75, 3.05) is 0 Å². The molecule has 0 aliphatic heterocycles. The Balaban J connectivity index is -0.0000000779. The van der Waals surface area contributed by atoms with Crippen molar-refractivity contribution in [3.05, 3.63) is 109 Å². The van der Waals surface area contributed by atoms with Gasteiger partial charge in [-0.1, -0.05) is 68.3 Å². The van der Waals surface area contributed by atoms with Gasteiger partial charge in [0.2, 0.25) is 0 Å². The number of aliphatic hydroxyl groups excluding tert-OH is 2. The number of benzene rings is 2. The third-order valence-corrected chi connectivity index (χ3v) is 4.19. The van der Waals surface area contributed by atoms with Gasteiger partial charge >= 0.3 is 67.8 Å². The Morgan fingerprint density at radius 2 is 0.688 bits per heavy atom. The van der Waals surface area contributed by atoms with E-state index in [9.17, 15) is 10.2 Å². The van der Waals surface area contributed by atoms with Gasteiger partial charge in [0.15, 0.2) is 0 Å². The van der Waals surface area contributed by atoms with E-state index in [1.807, 2.05) is 36.4 Å². The first kappa shape index (κ1) is 48.3. The fraction of sp³-hybridized carbons (Fsp3) is 0.100. The summed E-state index contributed by atoms with van der Waals surface area (Å²) < 4.78 is 46.6. The van der Waals surface area contributed by atoms with Gasteiger partial charge in [-0.15, -0.1) is 0 Å². The van der Waals surface area contributed by atoms with Crippen molar-refractivity contribution in [1.82, 2.24) is 0 Å². The molecular formula is C20H12Br2Cr2O8. The fourth-order valence-corrected chi connectivity index (χ4v) is 2.81. The maximum Gasteiger partial charge on any atom is 0 e. The molecule has 0 saturated carbocycles. The third kappa shape index (κ3) is 20.7. The summed E-state index contributed by atoms with van der Waals surface area (Å²) in [6.07, 6.45) is -1.95. The molecule has 2 N–H and O–H groups in total. The van der Waals surface area contributed by atoms with Crippen molar-refractivity contribution < 1.29 is 72.8 Å². The molecule has 0 spiro atoms. The molecule has 0 bridgehead atoms. The molecule has 12 heteroatoms. The van der Waals surface area contributed by atoms with Gasteiger partial charge in [-0.25, -0.2) is 0 Å². The molecule has 2 aromatic carbocycles. The van der Waals surface area contributed by atoms with Crippen molar-refractivity contribution in [2.45, 2.75) is 12.2 Å². The van der Waals surface area contributed by atoms with Crippen LogP contribution < -0.4 is 0 Å². The molecule has 0 saturated heterocycles. The number of rotatable bonds is 3. The van der Waals surface area contributed by atoms with Crippen molar-refractivity contribution >= 4 is 31.9 Å². The van der Waals surface area contributed by atoms with Crippen molar-refractivity contribution in [3.63, 3.8) is 0 Å². The molecule has 0 unspecified atom stereocenters. The van der Waals surface area contributed by atoms with Crippen LogP contribution in [0.3, 0.4) is 0 Å². The van der Waals surface area contributed by atoms with Crippen LogP contribution >= 0.6 is 31.9 Å². The van der Waals surface area contributed by atoms with Crippen LogP contribution in [0.4, 0.5) is 0 Å². The maximum atomic E-state index is 10.2. The van der Waals surface area contributed by atoms with Crippen molar-refractivity contribution in [2.24, 2.45) is 0 Å². The molecular weight excluding hydrogens is 632 g/mol. The molecule has 8 nitrogen and oxygen atoms in total. The molecule has 0 heterocycles. The van der Waals surface area contributed by atoms with E-state index in [-0.39, 0.29) is 34.7 Å². The van der Waals surface area contributed by atoms with E-state index >= 15 is 0 Å². The van der Waals surface area contributed by atoms with Crippen LogP contribution in [0, 0.1) is 39.9 Å². The summed E-state index contributed by atoms with van der Waals surface area (Å²) in [5.74, 6) is 0. The summed E-state index contributed by atoms with van der Waals surface area (Å²) in [4.78, 5) is 0. The zero-order valence-corrected chi connectivity index (χ0v) is 21.4. The third-order valence-electron chi connectivity index (χ3n) is 2.75. The predicted molar refractivity (Wildman–Crippen MR) is 102 cm³/mol. The summed E-state index contributed by atoms with van der Waals surface area (Å²) in [7, 11) is 0. The second kappa shape index (κ2) is 40.2. The van der Waals surface area contributed by atoms with Gasteiger partial charge in [-0.2, -0.15) is 0 Å². The molecule has 2 atom stereocenters. The molecule has 2 aromatic rings. The second-order valence-corrected chi connectivity index (χ2v) is 5.64. The Kier molecular flexibility index (Phi) is 60.7. The average Bonchev–Trinajstić information content (AvgIpc) is 2.86. The quantitative estimate of drug-likeness (QED) is 0.386. The molecule has 0 aliphatic carbocycles. The van der Waals surface area contributed by atoms with Crippen LogP contribution in [0.5, 0.6) is 0 Å². The smallest absolute Gasteiger partial charge is 0 e. The zero-order valence-electron chi connectivity index (χ0n) is 15.7. The molecule has 2 rings (SSSR count). The minimum Gasteiger partial charge on any atom is 0 e. The maximum absolute atomic E-state index is 10.2. The monoisotopic (exact) mass is 642 g/mol. The summed E-state index contributed by atoms with van der Waals surface area (Å²) >= 11 is 6.75. The van der Waals surface area contributed by atoms with E-state index in [1.54, 1.807) is 12.1 Å². The van der Waals surface area contributed by atoms with E-state index in [2.05, 4.69) is 71.8 Å². The predicted octanol–water partition coefficient (Wildman–Crippen LogP) is 3.75. The first-order chi connectivity index (χ1) is 14.6. The van der Waals surface area contributed by atoms with Crippen LogP contribution in [-0.4, -0.2) is 10.2 Å². The minimum atomic E-state index is -0.973. The van der Waals surface area contributed by atoms with Gasteiger partial charge in [-0.3, -0.25) is 0 Å². The number of hydrogen-bond acceptors (Lipinski definition) is 2. The fourth-order valence-electron chi connectivity index (χ4n) is 1.77. The van der Waals surface area contributed by atoms with Gasteiger partial charge < -0.3 is 10.2 Å². The molecule has 0 aromatic heterocycles. The van der Waals surface area contributed by atoms with E-state index < -0.39 is 12.2 Å². The summed E-state index contributed by atoms with van der Waals surface area (Å²) in [6.45, 7) is 27.0. The van der Waals surface area contributed by atoms with E-state index in [0.717, 1.165) is 8.95 Å². The first-order valence-electron chi connectivity index (χ1n) is 6.68. The number of halogens is 2. The Morgan fingerprint density at radius 3 is 0.875 bits per heavy atom. The topological polar surface area (TPSA) is 160 Å². The molecule has 0 radical (unpaired) electrons. The summed E-state index contributed by atoms with van der Waals surface area (Å²) in [5.41, 5.74) is 1.33. The van der Waals surface area contributed by atoms with Gasteiger partial charge in [0, 0.05) is 43.7 Å². The van der Waals surface area contributed by atoms with Crippen molar-refractivity contribution in [1.29, 1.82) is 0 Å². The second-order valence-electron chi connectivity index (χ2n) is 3.93. The van der Waals surface area contributed by atoms with Crippen LogP contribution in [-0.2, 0) is 62.6 Å². The van der Waals surface area contributed by atoms with Gasteiger partial charge in [0.25, 0.3) is 0 Å². The van der Waals surface area contributed by atoms with E-state index in [1.165, 1.54) is 0 Å². The van der Waals surface area contributed by atoms with Gasteiger partial charge in [0.1, 0.15) is 12.2 Å². The Bertz CT molecular complexity index is 709. The average molecular weight is 644 g/mol. The molecule has 32 heavy (non-hydrogen) atoms. The standard InChI is InChI=1S/C14H12Br2O2.6CO.2Cr/c15-11-7-3-1-5-9(11)13(17)14(18)10-6-2-4-8-12(10)16;6*1-2;;/h1-8,13-14,17-18H;;;;;;;;/t13-,14-;;;;;;;;/m1......../s1. The van der Waals surface area contributed by atoms with Crippen molar-refractivity contribution in [3.8, 4) is 0 Å². The van der Waals surface area contributed by atoms with Crippen LogP contribution in [0.15, 0.2) is 57.5 Å². The van der Waals surface area contributed by atoms with E-state index in [0.29, 0.717) is 11.1 Å². The Morgan fingerprint density at radius 1 is 0.500 bits per heavy atom. The summed E-state index contributed by atoms with van der Waals surface area (Å²) in [6, 6.07) is 14.6. The molecule has 0 aliphatic rings. The summed E-state index contributed by atoms with van der Waals surface area (Å²) in [5, 5.41) is 20.5. The van der Waals surface area contributed by atoms with Crippen LogP contribution in [0.2, 0.25) is 0 Å². The first-order valence-corrected chi connectivity index (χ1v) is 8.27. The minimum absolute atomic E-state index is 0. The Labute approximate surface area is 224 Å². The molecule has 166 valence electrons. The number of hydrogen-bond donors (Lipinski definition) is 2. The van der Waals surface area contributed by atoms with E-state index in [4.69, 9.17) is 27.9 Å². The van der Waals surface area contributed by atoms with Crippen LogP contribution in [0.25, 0.3) is 0 Å². The Hall–Kier alpha value is -1.18. The largest absolute Gasteiger partial charge is 0 e. The molecule has 0 fully saturated rings. The van der Waals surface area contributed by atoms with Gasteiger partial charge in [-0.05, 0) is 23.3 Å². The zero-order chi connectivity index (χ0) is 25.1. The molecule has 0 amide bonds. The van der Waals surface area contributed by atoms with Crippen LogP contribution in [0.1, 0.15) is 23.3 Å². The normalized spacial score (nSPS) is 8.38.